The summed E-state index contributed by atoms with van der Waals surface area (Å²) in [5, 5.41) is 3.55. The zero-order chi connectivity index (χ0) is 16.1. The molecule has 6 nitrogen and oxygen atoms in total. The largest absolute Gasteiger partial charge is 0.461 e. The lowest BCUT2D eigenvalue weighted by molar-refractivity contribution is 0.0519. The van der Waals surface area contributed by atoms with Crippen molar-refractivity contribution in [3.05, 3.63) is 39.2 Å². The molecule has 1 amide bonds. The number of carbonyl (C=O) groups is 2. The molecule has 22 heavy (non-hydrogen) atoms. The normalized spacial score (nSPS) is 10.5. The second-order valence-electron chi connectivity index (χ2n) is 4.65. The minimum absolute atomic E-state index is 0.257. The first-order chi connectivity index (χ1) is 10.5. The zero-order valence-corrected chi connectivity index (χ0v) is 13.6. The standard InChI is InChI=1S/C15H18N2O4S/c1-4-20-15(19)13-10(3)22-12(17-13)7-8-16-14(18)11-6-5-9(2)21-11/h5-6H,4,7-8H2,1-3H3,(H,16,18). The summed E-state index contributed by atoms with van der Waals surface area (Å²) in [6, 6.07) is 3.38. The van der Waals surface area contributed by atoms with E-state index in [1.165, 1.54) is 11.3 Å². The first-order valence-corrected chi connectivity index (χ1v) is 7.81. The summed E-state index contributed by atoms with van der Waals surface area (Å²) in [6.07, 6.45) is 0.552. The number of ether oxygens (including phenoxy) is 1. The van der Waals surface area contributed by atoms with Crippen LogP contribution >= 0.6 is 11.3 Å². The number of rotatable bonds is 6. The molecule has 0 unspecified atom stereocenters. The lowest BCUT2D eigenvalue weighted by Crippen LogP contribution is -2.25. The van der Waals surface area contributed by atoms with E-state index < -0.39 is 5.97 Å². The summed E-state index contributed by atoms with van der Waals surface area (Å²) in [4.78, 5) is 28.6. The summed E-state index contributed by atoms with van der Waals surface area (Å²) < 4.78 is 10.2. The molecule has 0 aliphatic carbocycles. The minimum atomic E-state index is -0.405. The van der Waals surface area contributed by atoms with Gasteiger partial charge in [-0.1, -0.05) is 0 Å². The molecule has 0 radical (unpaired) electrons. The van der Waals surface area contributed by atoms with E-state index in [1.807, 2.05) is 6.92 Å². The van der Waals surface area contributed by atoms with Gasteiger partial charge in [0, 0.05) is 17.8 Å². The van der Waals surface area contributed by atoms with Gasteiger partial charge >= 0.3 is 5.97 Å². The smallest absolute Gasteiger partial charge is 0.358 e. The Balaban J connectivity index is 1.88. The number of nitrogens with one attached hydrogen (secondary N) is 1. The monoisotopic (exact) mass is 322 g/mol. The van der Waals surface area contributed by atoms with Gasteiger partial charge in [0.05, 0.1) is 11.6 Å². The fraction of sp³-hybridized carbons (Fsp3) is 0.400. The van der Waals surface area contributed by atoms with E-state index in [0.29, 0.717) is 36.8 Å². The molecular formula is C15H18N2O4S. The van der Waals surface area contributed by atoms with Crippen LogP contribution in [0.4, 0.5) is 0 Å². The van der Waals surface area contributed by atoms with Gasteiger partial charge in [0.15, 0.2) is 11.5 Å². The molecule has 2 heterocycles. The van der Waals surface area contributed by atoms with Gasteiger partial charge in [-0.25, -0.2) is 9.78 Å². The van der Waals surface area contributed by atoms with Crippen LogP contribution in [-0.4, -0.2) is 30.0 Å². The van der Waals surface area contributed by atoms with Gasteiger partial charge in [0.2, 0.25) is 0 Å². The maximum atomic E-state index is 11.8. The van der Waals surface area contributed by atoms with Crippen molar-refractivity contribution >= 4 is 23.2 Å². The number of aryl methyl sites for hydroxylation is 2. The summed E-state index contributed by atoms with van der Waals surface area (Å²) in [5.41, 5.74) is 0.356. The van der Waals surface area contributed by atoms with Crippen molar-refractivity contribution in [2.24, 2.45) is 0 Å². The zero-order valence-electron chi connectivity index (χ0n) is 12.8. The van der Waals surface area contributed by atoms with Crippen LogP contribution in [0.2, 0.25) is 0 Å². The van der Waals surface area contributed by atoms with Crippen LogP contribution in [0.5, 0.6) is 0 Å². The van der Waals surface area contributed by atoms with Crippen molar-refractivity contribution in [2.45, 2.75) is 27.2 Å². The molecule has 0 spiro atoms. The number of amides is 1. The Labute approximate surface area is 132 Å². The molecule has 2 aromatic rings. The maximum absolute atomic E-state index is 11.8. The van der Waals surface area contributed by atoms with E-state index in [2.05, 4.69) is 10.3 Å². The van der Waals surface area contributed by atoms with E-state index >= 15 is 0 Å². The van der Waals surface area contributed by atoms with Crippen LogP contribution in [0, 0.1) is 13.8 Å². The van der Waals surface area contributed by atoms with E-state index in [9.17, 15) is 9.59 Å². The molecule has 0 fully saturated rings. The highest BCUT2D eigenvalue weighted by molar-refractivity contribution is 7.11. The molecule has 2 aromatic heterocycles. The van der Waals surface area contributed by atoms with Crippen molar-refractivity contribution < 1.29 is 18.7 Å². The van der Waals surface area contributed by atoms with Crippen molar-refractivity contribution in [1.82, 2.24) is 10.3 Å². The lowest BCUT2D eigenvalue weighted by Gasteiger charge is -2.01. The Hall–Kier alpha value is -2.15. The Morgan fingerprint density at radius 2 is 2.14 bits per heavy atom. The summed E-state index contributed by atoms with van der Waals surface area (Å²) in [7, 11) is 0. The number of hydrogen-bond donors (Lipinski definition) is 1. The predicted molar refractivity (Wildman–Crippen MR) is 82.3 cm³/mol. The highest BCUT2D eigenvalue weighted by Gasteiger charge is 2.16. The molecule has 0 aliphatic heterocycles. The number of thiazole rings is 1. The second-order valence-corrected chi connectivity index (χ2v) is 5.94. The van der Waals surface area contributed by atoms with Crippen LogP contribution in [0.3, 0.4) is 0 Å². The van der Waals surface area contributed by atoms with Gasteiger partial charge in [0.25, 0.3) is 5.91 Å². The fourth-order valence-electron chi connectivity index (χ4n) is 1.87. The van der Waals surface area contributed by atoms with Gasteiger partial charge < -0.3 is 14.5 Å². The van der Waals surface area contributed by atoms with Crippen molar-refractivity contribution in [2.75, 3.05) is 13.2 Å². The molecule has 0 aliphatic rings. The van der Waals surface area contributed by atoms with Crippen LogP contribution in [0.1, 0.15) is 43.6 Å². The number of esters is 1. The first kappa shape index (κ1) is 16.2. The SMILES string of the molecule is CCOC(=O)c1nc(CCNC(=O)c2ccc(C)o2)sc1C. The summed E-state index contributed by atoms with van der Waals surface area (Å²) in [5.74, 6) is 0.324. The highest BCUT2D eigenvalue weighted by Crippen LogP contribution is 2.18. The highest BCUT2D eigenvalue weighted by atomic mass is 32.1. The summed E-state index contributed by atoms with van der Waals surface area (Å²) in [6.45, 7) is 6.12. The average Bonchev–Trinajstić information content (AvgIpc) is 3.05. The van der Waals surface area contributed by atoms with Crippen molar-refractivity contribution in [1.29, 1.82) is 0 Å². The molecule has 0 bridgehead atoms. The topological polar surface area (TPSA) is 81.4 Å². The molecule has 118 valence electrons. The van der Waals surface area contributed by atoms with E-state index in [4.69, 9.17) is 9.15 Å². The average molecular weight is 322 g/mol. The third-order valence-electron chi connectivity index (χ3n) is 2.90. The molecule has 2 rings (SSSR count). The predicted octanol–water partition coefficient (Wildman–Crippen LogP) is 2.50. The van der Waals surface area contributed by atoms with Crippen LogP contribution in [0.15, 0.2) is 16.5 Å². The number of furan rings is 1. The van der Waals surface area contributed by atoms with E-state index in [1.54, 1.807) is 26.0 Å². The lowest BCUT2D eigenvalue weighted by atomic mass is 10.3. The fourth-order valence-corrected chi connectivity index (χ4v) is 2.79. The number of aromatic nitrogens is 1. The van der Waals surface area contributed by atoms with Gasteiger partial charge in [-0.3, -0.25) is 4.79 Å². The second kappa shape index (κ2) is 7.22. The van der Waals surface area contributed by atoms with Gasteiger partial charge in [-0.15, -0.1) is 11.3 Å². The molecule has 0 saturated carbocycles. The number of carbonyl (C=O) groups excluding carboxylic acids is 2. The van der Waals surface area contributed by atoms with Crippen molar-refractivity contribution in [3.63, 3.8) is 0 Å². The Morgan fingerprint density at radius 1 is 1.36 bits per heavy atom. The van der Waals surface area contributed by atoms with Crippen LogP contribution in [-0.2, 0) is 11.2 Å². The first-order valence-electron chi connectivity index (χ1n) is 6.99. The van der Waals surface area contributed by atoms with Gasteiger partial charge in [-0.2, -0.15) is 0 Å². The maximum Gasteiger partial charge on any atom is 0.358 e. The number of nitrogens with zero attached hydrogens (tertiary/aromatic N) is 1. The quantitative estimate of drug-likeness (QED) is 0.826. The van der Waals surface area contributed by atoms with Crippen molar-refractivity contribution in [3.8, 4) is 0 Å². The molecule has 7 heteroatoms. The van der Waals surface area contributed by atoms with Crippen LogP contribution in [0.25, 0.3) is 0 Å². The van der Waals surface area contributed by atoms with E-state index in [-0.39, 0.29) is 5.91 Å². The summed E-state index contributed by atoms with van der Waals surface area (Å²) >= 11 is 1.43. The molecule has 0 atom stereocenters. The third-order valence-corrected chi connectivity index (χ3v) is 3.93. The van der Waals surface area contributed by atoms with Crippen LogP contribution < -0.4 is 5.32 Å². The third kappa shape index (κ3) is 3.94. The Kier molecular flexibility index (Phi) is 5.32. The molecular weight excluding hydrogens is 304 g/mol. The Morgan fingerprint density at radius 3 is 2.77 bits per heavy atom. The van der Waals surface area contributed by atoms with Gasteiger partial charge in [-0.05, 0) is 32.9 Å². The molecule has 0 aromatic carbocycles. The van der Waals surface area contributed by atoms with Gasteiger partial charge in [0.1, 0.15) is 5.76 Å². The van der Waals surface area contributed by atoms with E-state index in [0.717, 1.165) is 9.88 Å². The molecule has 0 saturated heterocycles. The molecule has 1 N–H and O–H groups in total. The number of hydrogen-bond acceptors (Lipinski definition) is 6. The minimum Gasteiger partial charge on any atom is -0.461 e. The Bertz CT molecular complexity index is 675.